The average molecular weight is 314 g/mol. The maximum Gasteiger partial charge on any atom is 0.243 e. The number of likely N-dealkylation sites (N-methyl/N-ethyl adjacent to an activating group) is 1. The minimum absolute atomic E-state index is 0.00912. The van der Waals surface area contributed by atoms with E-state index in [1.54, 1.807) is 6.92 Å². The number of nitrogens with one attached hydrogen (secondary N) is 1. The molecule has 0 unspecified atom stereocenters. The molecular formula is C15H23FN2O2S. The van der Waals surface area contributed by atoms with E-state index in [4.69, 9.17) is 0 Å². The lowest BCUT2D eigenvalue weighted by Crippen LogP contribution is -2.30. The highest BCUT2D eigenvalue weighted by Gasteiger charge is 2.24. The van der Waals surface area contributed by atoms with Gasteiger partial charge < -0.3 is 5.32 Å². The molecule has 0 atom stereocenters. The van der Waals surface area contributed by atoms with E-state index in [0.29, 0.717) is 12.1 Å². The third-order valence-electron chi connectivity index (χ3n) is 2.95. The van der Waals surface area contributed by atoms with Crippen molar-refractivity contribution < 1.29 is 12.8 Å². The van der Waals surface area contributed by atoms with Crippen LogP contribution in [-0.2, 0) is 16.6 Å². The van der Waals surface area contributed by atoms with Gasteiger partial charge in [0.25, 0.3) is 0 Å². The first kappa shape index (κ1) is 17.8. The molecule has 6 heteroatoms. The molecule has 0 bridgehead atoms. The fourth-order valence-electron chi connectivity index (χ4n) is 1.95. The van der Waals surface area contributed by atoms with E-state index in [1.165, 1.54) is 23.5 Å². The highest BCUT2D eigenvalue weighted by molar-refractivity contribution is 7.89. The first-order chi connectivity index (χ1) is 9.78. The van der Waals surface area contributed by atoms with Crippen LogP contribution in [0.3, 0.4) is 0 Å². The Balaban J connectivity index is 3.14. The van der Waals surface area contributed by atoms with Crippen molar-refractivity contribution in [2.75, 3.05) is 20.1 Å². The number of benzene rings is 1. The van der Waals surface area contributed by atoms with E-state index in [-0.39, 0.29) is 11.4 Å². The van der Waals surface area contributed by atoms with Crippen molar-refractivity contribution in [3.8, 4) is 0 Å². The van der Waals surface area contributed by atoms with Crippen LogP contribution in [-0.4, -0.2) is 32.9 Å². The number of halogens is 1. The van der Waals surface area contributed by atoms with Gasteiger partial charge in [0, 0.05) is 20.1 Å². The Morgan fingerprint density at radius 1 is 1.43 bits per heavy atom. The molecule has 0 radical (unpaired) electrons. The van der Waals surface area contributed by atoms with Gasteiger partial charge >= 0.3 is 0 Å². The normalized spacial score (nSPS) is 11.9. The van der Waals surface area contributed by atoms with Gasteiger partial charge in [-0.15, -0.1) is 0 Å². The molecule has 118 valence electrons. The predicted octanol–water partition coefficient (Wildman–Crippen LogP) is 2.52. The second-order valence-corrected chi connectivity index (χ2v) is 7.16. The topological polar surface area (TPSA) is 49.4 Å². The molecular weight excluding hydrogens is 291 g/mol. The lowest BCUT2D eigenvalue weighted by atomic mass is 10.2. The zero-order valence-corrected chi connectivity index (χ0v) is 13.6. The van der Waals surface area contributed by atoms with Gasteiger partial charge in [-0.25, -0.2) is 12.8 Å². The van der Waals surface area contributed by atoms with Crippen LogP contribution in [0.25, 0.3) is 0 Å². The standard InChI is InChI=1S/C15H23FN2O2S/c1-5-8-17-10-13-6-7-14(16)9-15(13)21(19,20)18(4)11-12(2)3/h6-7,9,17H,2,5,8,10-11H2,1,3-4H3. The Labute approximate surface area is 126 Å². The molecule has 1 aromatic rings. The summed E-state index contributed by atoms with van der Waals surface area (Å²) in [6.45, 7) is 8.86. The zero-order chi connectivity index (χ0) is 16.0. The highest BCUT2D eigenvalue weighted by Crippen LogP contribution is 2.21. The first-order valence-electron chi connectivity index (χ1n) is 6.89. The van der Waals surface area contributed by atoms with E-state index in [1.807, 2.05) is 6.92 Å². The van der Waals surface area contributed by atoms with Crippen LogP contribution >= 0.6 is 0 Å². The van der Waals surface area contributed by atoms with Crippen molar-refractivity contribution in [1.82, 2.24) is 9.62 Å². The van der Waals surface area contributed by atoms with Gasteiger partial charge in [-0.3, -0.25) is 0 Å². The highest BCUT2D eigenvalue weighted by atomic mass is 32.2. The van der Waals surface area contributed by atoms with Gasteiger partial charge in [-0.1, -0.05) is 25.1 Å². The van der Waals surface area contributed by atoms with Gasteiger partial charge in [0.15, 0.2) is 0 Å². The van der Waals surface area contributed by atoms with Gasteiger partial charge in [-0.2, -0.15) is 4.31 Å². The Morgan fingerprint density at radius 2 is 2.10 bits per heavy atom. The number of sulfonamides is 1. The maximum absolute atomic E-state index is 13.5. The van der Waals surface area contributed by atoms with E-state index < -0.39 is 15.8 Å². The molecule has 1 N–H and O–H groups in total. The third kappa shape index (κ3) is 4.91. The van der Waals surface area contributed by atoms with E-state index in [2.05, 4.69) is 11.9 Å². The van der Waals surface area contributed by atoms with Crippen molar-refractivity contribution in [3.63, 3.8) is 0 Å². The lowest BCUT2D eigenvalue weighted by Gasteiger charge is -2.19. The van der Waals surface area contributed by atoms with Crippen LogP contribution in [0.4, 0.5) is 4.39 Å². The molecule has 1 aromatic carbocycles. The van der Waals surface area contributed by atoms with Crippen molar-refractivity contribution in [2.24, 2.45) is 0 Å². The minimum Gasteiger partial charge on any atom is -0.313 e. The van der Waals surface area contributed by atoms with Crippen LogP contribution in [0.5, 0.6) is 0 Å². The predicted molar refractivity (Wildman–Crippen MR) is 83.0 cm³/mol. The van der Waals surface area contributed by atoms with Crippen LogP contribution in [0.15, 0.2) is 35.2 Å². The van der Waals surface area contributed by atoms with E-state index in [0.717, 1.165) is 24.6 Å². The van der Waals surface area contributed by atoms with Crippen molar-refractivity contribution >= 4 is 10.0 Å². The first-order valence-corrected chi connectivity index (χ1v) is 8.33. The molecule has 21 heavy (non-hydrogen) atoms. The maximum atomic E-state index is 13.5. The summed E-state index contributed by atoms with van der Waals surface area (Å²) >= 11 is 0. The summed E-state index contributed by atoms with van der Waals surface area (Å²) in [5, 5.41) is 3.14. The molecule has 0 saturated heterocycles. The summed E-state index contributed by atoms with van der Waals surface area (Å²) in [6, 6.07) is 3.87. The lowest BCUT2D eigenvalue weighted by molar-refractivity contribution is 0.490. The molecule has 0 aliphatic rings. The van der Waals surface area contributed by atoms with Crippen LogP contribution in [0.2, 0.25) is 0 Å². The summed E-state index contributed by atoms with van der Waals surface area (Å²) in [4.78, 5) is 0.00912. The second-order valence-electron chi connectivity index (χ2n) is 5.15. The minimum atomic E-state index is -3.73. The molecule has 0 fully saturated rings. The van der Waals surface area contributed by atoms with Crippen LogP contribution in [0, 0.1) is 5.82 Å². The zero-order valence-electron chi connectivity index (χ0n) is 12.8. The van der Waals surface area contributed by atoms with Gasteiger partial charge in [0.1, 0.15) is 5.82 Å². The van der Waals surface area contributed by atoms with E-state index >= 15 is 0 Å². The molecule has 0 aliphatic heterocycles. The third-order valence-corrected chi connectivity index (χ3v) is 4.84. The monoisotopic (exact) mass is 314 g/mol. The van der Waals surface area contributed by atoms with Gasteiger partial charge in [0.05, 0.1) is 4.90 Å². The number of nitrogens with zero attached hydrogens (tertiary/aromatic N) is 1. The summed E-state index contributed by atoms with van der Waals surface area (Å²) in [7, 11) is -2.26. The molecule has 0 saturated carbocycles. The molecule has 1 rings (SSSR count). The molecule has 0 heterocycles. The summed E-state index contributed by atoms with van der Waals surface area (Å²) in [5.41, 5.74) is 1.29. The molecule has 0 amide bonds. The quantitative estimate of drug-likeness (QED) is 0.592. The number of hydrogen-bond donors (Lipinski definition) is 1. The Hall–Kier alpha value is -1.24. The SMILES string of the molecule is C=C(C)CN(C)S(=O)(=O)c1cc(F)ccc1CNCCC. The van der Waals surface area contributed by atoms with Crippen LogP contribution < -0.4 is 5.32 Å². The Morgan fingerprint density at radius 3 is 2.67 bits per heavy atom. The smallest absolute Gasteiger partial charge is 0.243 e. The Bertz CT molecular complexity index is 600. The van der Waals surface area contributed by atoms with Crippen LogP contribution in [0.1, 0.15) is 25.8 Å². The average Bonchev–Trinajstić information content (AvgIpc) is 2.39. The van der Waals surface area contributed by atoms with Crippen molar-refractivity contribution in [1.29, 1.82) is 0 Å². The Kier molecular flexibility index (Phi) is 6.51. The summed E-state index contributed by atoms with van der Waals surface area (Å²) in [5.74, 6) is -0.559. The van der Waals surface area contributed by atoms with E-state index in [9.17, 15) is 12.8 Å². The van der Waals surface area contributed by atoms with Gasteiger partial charge in [0.2, 0.25) is 10.0 Å². The second kappa shape index (κ2) is 7.68. The fourth-order valence-corrected chi connectivity index (χ4v) is 3.41. The number of rotatable bonds is 8. The summed E-state index contributed by atoms with van der Waals surface area (Å²) < 4.78 is 39.8. The molecule has 0 aliphatic carbocycles. The molecule has 0 aromatic heterocycles. The largest absolute Gasteiger partial charge is 0.313 e. The van der Waals surface area contributed by atoms with Crippen molar-refractivity contribution in [2.45, 2.75) is 31.7 Å². The molecule has 4 nitrogen and oxygen atoms in total. The summed E-state index contributed by atoms with van der Waals surface area (Å²) in [6.07, 6.45) is 0.943. The van der Waals surface area contributed by atoms with Crippen molar-refractivity contribution in [3.05, 3.63) is 41.7 Å². The van der Waals surface area contributed by atoms with Gasteiger partial charge in [-0.05, 0) is 37.6 Å². The fraction of sp³-hybridized carbons (Fsp3) is 0.467. The molecule has 0 spiro atoms. The number of hydrogen-bond acceptors (Lipinski definition) is 3.